The third-order valence-electron chi connectivity index (χ3n) is 3.91. The van der Waals surface area contributed by atoms with Crippen molar-refractivity contribution in [1.29, 1.82) is 0 Å². The van der Waals surface area contributed by atoms with Gasteiger partial charge in [-0.3, -0.25) is 0 Å². The Morgan fingerprint density at radius 2 is 1.85 bits per heavy atom. The van der Waals surface area contributed by atoms with E-state index in [-0.39, 0.29) is 0 Å². The fraction of sp³-hybridized carbons (Fsp3) is 0.556. The zero-order chi connectivity index (χ0) is 14.8. The summed E-state index contributed by atoms with van der Waals surface area (Å²) in [5.41, 5.74) is 1.47. The monoisotopic (exact) mass is 290 g/mol. The zero-order valence-corrected chi connectivity index (χ0v) is 14.4. The molecule has 0 aliphatic carbocycles. The lowest BCUT2D eigenvalue weighted by atomic mass is 10.2. The molecule has 0 unspecified atom stereocenters. The van der Waals surface area contributed by atoms with Gasteiger partial charge in [-0.25, -0.2) is 0 Å². The minimum Gasteiger partial charge on any atom is -0.396 e. The minimum atomic E-state index is -1.38. The van der Waals surface area contributed by atoms with Crippen LogP contribution < -0.4 is 0 Å². The molecule has 0 spiro atoms. The van der Waals surface area contributed by atoms with Gasteiger partial charge in [-0.05, 0) is 25.3 Å². The number of unbranched alkanes of at least 4 members (excludes halogenated alkanes) is 2. The van der Waals surface area contributed by atoms with Crippen molar-refractivity contribution < 1.29 is 5.11 Å². The highest BCUT2D eigenvalue weighted by atomic mass is 28.3. The Kier molecular flexibility index (Phi) is 7.86. The predicted molar refractivity (Wildman–Crippen MR) is 91.6 cm³/mol. The van der Waals surface area contributed by atoms with E-state index in [9.17, 15) is 0 Å². The number of aliphatic hydroxyl groups excluding tert-OH is 1. The van der Waals surface area contributed by atoms with Gasteiger partial charge in [-0.1, -0.05) is 80.0 Å². The molecule has 0 saturated carbocycles. The van der Waals surface area contributed by atoms with Crippen molar-refractivity contribution in [2.75, 3.05) is 6.61 Å². The smallest absolute Gasteiger partial charge is 0.0793 e. The van der Waals surface area contributed by atoms with Gasteiger partial charge in [0.15, 0.2) is 0 Å². The maximum absolute atomic E-state index is 8.98. The molecule has 112 valence electrons. The highest BCUT2D eigenvalue weighted by Crippen LogP contribution is 2.25. The van der Waals surface area contributed by atoms with E-state index < -0.39 is 8.07 Å². The van der Waals surface area contributed by atoms with E-state index in [0.29, 0.717) is 6.61 Å². The molecule has 20 heavy (non-hydrogen) atoms. The van der Waals surface area contributed by atoms with Gasteiger partial charge in [-0.15, -0.1) is 0 Å². The molecule has 0 amide bonds. The second-order valence-electron chi connectivity index (χ2n) is 6.25. The van der Waals surface area contributed by atoms with Crippen LogP contribution in [0.3, 0.4) is 0 Å². The van der Waals surface area contributed by atoms with Crippen molar-refractivity contribution in [3.8, 4) is 0 Å². The molecule has 1 aromatic rings. The number of aliphatic hydroxyl groups is 1. The average Bonchev–Trinajstić information content (AvgIpc) is 2.43. The van der Waals surface area contributed by atoms with E-state index in [2.05, 4.69) is 56.4 Å². The van der Waals surface area contributed by atoms with Crippen LogP contribution in [0, 0.1) is 0 Å². The van der Waals surface area contributed by atoms with Gasteiger partial charge in [0.05, 0.1) is 8.07 Å². The van der Waals surface area contributed by atoms with Crippen LogP contribution in [0.1, 0.15) is 44.6 Å². The maximum atomic E-state index is 8.98. The highest BCUT2D eigenvalue weighted by Gasteiger charge is 2.25. The number of hydrogen-bond acceptors (Lipinski definition) is 1. The van der Waals surface area contributed by atoms with Crippen molar-refractivity contribution in [3.05, 3.63) is 47.2 Å². The summed E-state index contributed by atoms with van der Waals surface area (Å²) < 4.78 is 0. The Morgan fingerprint density at radius 3 is 2.45 bits per heavy atom. The second-order valence-corrected chi connectivity index (χ2v) is 11.0. The van der Waals surface area contributed by atoms with Gasteiger partial charge in [-0.2, -0.15) is 0 Å². The van der Waals surface area contributed by atoms with Gasteiger partial charge in [0, 0.05) is 6.61 Å². The van der Waals surface area contributed by atoms with E-state index in [0.717, 1.165) is 12.8 Å². The van der Waals surface area contributed by atoms with Gasteiger partial charge in [0.1, 0.15) is 0 Å². The highest BCUT2D eigenvalue weighted by molar-refractivity contribution is 6.83. The fourth-order valence-corrected chi connectivity index (χ4v) is 5.71. The van der Waals surface area contributed by atoms with Crippen LogP contribution >= 0.6 is 0 Å². The minimum absolute atomic E-state index is 0.304. The van der Waals surface area contributed by atoms with Crippen LogP contribution in [0.25, 0.3) is 0 Å². The molecule has 2 heteroatoms. The molecule has 1 aromatic carbocycles. The molecule has 0 radical (unpaired) electrons. The Balaban J connectivity index is 2.77. The Morgan fingerprint density at radius 1 is 1.15 bits per heavy atom. The molecule has 0 aliphatic rings. The lowest BCUT2D eigenvalue weighted by molar-refractivity contribution is 0.289. The lowest BCUT2D eigenvalue weighted by Gasteiger charge is -2.27. The summed E-state index contributed by atoms with van der Waals surface area (Å²) in [6, 6.07) is 12.1. The van der Waals surface area contributed by atoms with Crippen LogP contribution in [0.5, 0.6) is 0 Å². The Hall–Kier alpha value is -0.863. The van der Waals surface area contributed by atoms with Crippen LogP contribution in [0.4, 0.5) is 0 Å². The third kappa shape index (κ3) is 6.06. The van der Waals surface area contributed by atoms with E-state index in [4.69, 9.17) is 5.11 Å². The topological polar surface area (TPSA) is 20.2 Å². The largest absolute Gasteiger partial charge is 0.396 e. The molecule has 1 N–H and O–H groups in total. The molecular formula is C18H30OSi. The molecule has 0 bridgehead atoms. The van der Waals surface area contributed by atoms with Crippen molar-refractivity contribution in [2.45, 2.75) is 58.2 Å². The quantitative estimate of drug-likeness (QED) is 0.506. The summed E-state index contributed by atoms with van der Waals surface area (Å²) >= 11 is 0. The molecule has 0 heterocycles. The maximum Gasteiger partial charge on any atom is 0.0793 e. The zero-order valence-electron chi connectivity index (χ0n) is 13.4. The van der Waals surface area contributed by atoms with Crippen molar-refractivity contribution >= 4 is 8.07 Å². The summed E-state index contributed by atoms with van der Waals surface area (Å²) in [7, 11) is -1.38. The Bertz CT molecular complexity index is 395. The first-order chi connectivity index (χ1) is 9.60. The van der Waals surface area contributed by atoms with Crippen molar-refractivity contribution in [3.63, 3.8) is 0 Å². The summed E-state index contributed by atoms with van der Waals surface area (Å²) in [6.45, 7) is 7.54. The number of benzene rings is 1. The first-order valence-corrected chi connectivity index (χ1v) is 11.1. The predicted octanol–water partition coefficient (Wildman–Crippen LogP) is 4.91. The van der Waals surface area contributed by atoms with Crippen LogP contribution in [-0.4, -0.2) is 19.8 Å². The summed E-state index contributed by atoms with van der Waals surface area (Å²) in [6.07, 6.45) is 8.14. The number of hydrogen-bond donors (Lipinski definition) is 1. The number of allylic oxidation sites excluding steroid dienone is 2. The second kappa shape index (κ2) is 9.14. The van der Waals surface area contributed by atoms with Gasteiger partial charge in [0.25, 0.3) is 0 Å². The first-order valence-electron chi connectivity index (χ1n) is 7.94. The number of rotatable bonds is 9. The molecule has 0 saturated heterocycles. The average molecular weight is 291 g/mol. The van der Waals surface area contributed by atoms with Crippen molar-refractivity contribution in [2.24, 2.45) is 0 Å². The lowest BCUT2D eigenvalue weighted by Crippen LogP contribution is -2.33. The SMILES string of the molecule is CCCC/C(=C\CCCO)[Si](C)(C)Cc1ccccc1. The summed E-state index contributed by atoms with van der Waals surface area (Å²) in [4.78, 5) is 0. The van der Waals surface area contributed by atoms with E-state index in [1.54, 1.807) is 5.20 Å². The molecule has 0 fully saturated rings. The fourth-order valence-electron chi connectivity index (χ4n) is 2.67. The molecule has 0 aliphatic heterocycles. The van der Waals surface area contributed by atoms with E-state index in [1.807, 2.05) is 0 Å². The Labute approximate surface area is 125 Å². The molecule has 1 rings (SSSR count). The van der Waals surface area contributed by atoms with Gasteiger partial charge in [0.2, 0.25) is 0 Å². The first kappa shape index (κ1) is 17.2. The molecular weight excluding hydrogens is 260 g/mol. The summed E-state index contributed by atoms with van der Waals surface area (Å²) in [5, 5.41) is 10.7. The van der Waals surface area contributed by atoms with E-state index in [1.165, 1.54) is 30.9 Å². The molecule has 0 aromatic heterocycles. The van der Waals surface area contributed by atoms with E-state index >= 15 is 0 Å². The third-order valence-corrected chi connectivity index (χ3v) is 7.40. The van der Waals surface area contributed by atoms with Gasteiger partial charge >= 0.3 is 0 Å². The van der Waals surface area contributed by atoms with Crippen LogP contribution in [0.15, 0.2) is 41.6 Å². The van der Waals surface area contributed by atoms with Crippen LogP contribution in [-0.2, 0) is 6.04 Å². The molecule has 1 nitrogen and oxygen atoms in total. The van der Waals surface area contributed by atoms with Crippen molar-refractivity contribution in [1.82, 2.24) is 0 Å². The summed E-state index contributed by atoms with van der Waals surface area (Å²) in [5.74, 6) is 0. The molecule has 0 atom stereocenters. The normalized spacial score (nSPS) is 12.7. The van der Waals surface area contributed by atoms with Crippen LogP contribution in [0.2, 0.25) is 13.1 Å². The van der Waals surface area contributed by atoms with Gasteiger partial charge < -0.3 is 5.11 Å². The standard InChI is InChI=1S/C18H30OSi/c1-4-5-13-18(14-9-10-15-19)20(2,3)16-17-11-7-6-8-12-17/h6-8,11-12,14,19H,4-5,9-10,13,15-16H2,1-3H3/b18-14+.